The van der Waals surface area contributed by atoms with Crippen LogP contribution >= 0.6 is 0 Å². The smallest absolute Gasteiger partial charge is 0.303 e. The molecule has 0 heterocycles. The van der Waals surface area contributed by atoms with Gasteiger partial charge >= 0.3 is 5.97 Å². The van der Waals surface area contributed by atoms with E-state index >= 15 is 0 Å². The molecule has 0 aromatic carbocycles. The van der Waals surface area contributed by atoms with E-state index in [1.807, 2.05) is 6.08 Å². The molecule has 1 N–H and O–H groups in total. The zero-order chi connectivity index (χ0) is 17.3. The van der Waals surface area contributed by atoms with Crippen molar-refractivity contribution in [1.82, 2.24) is 0 Å². The Morgan fingerprint density at radius 3 is 2.30 bits per heavy atom. The molecule has 0 bridgehead atoms. The fourth-order valence-electron chi connectivity index (χ4n) is 2.55. The molecule has 0 radical (unpaired) electrons. The first-order valence-corrected chi connectivity index (χ1v) is 9.09. The van der Waals surface area contributed by atoms with Gasteiger partial charge in [-0.15, -0.1) is 0 Å². The van der Waals surface area contributed by atoms with Crippen LogP contribution in [0.25, 0.3) is 0 Å². The second-order valence-corrected chi connectivity index (χ2v) is 6.18. The highest BCUT2D eigenvalue weighted by molar-refractivity contribution is 5.66. The molecule has 0 aromatic rings. The molecule has 0 rings (SSSR count). The Morgan fingerprint density at radius 1 is 1.04 bits per heavy atom. The SMILES string of the molecule is CCCCCCCC(/C=C/CCCCCCCC(=O)O)[N+](=O)[O-]. The highest BCUT2D eigenvalue weighted by Crippen LogP contribution is 2.12. The van der Waals surface area contributed by atoms with E-state index in [0.717, 1.165) is 51.4 Å². The summed E-state index contributed by atoms with van der Waals surface area (Å²) < 4.78 is 0. The summed E-state index contributed by atoms with van der Waals surface area (Å²) in [5, 5.41) is 19.5. The fraction of sp³-hybridized carbons (Fsp3) is 0.833. The summed E-state index contributed by atoms with van der Waals surface area (Å²) in [6.45, 7) is 2.16. The first-order valence-electron chi connectivity index (χ1n) is 9.09. The molecule has 5 heteroatoms. The lowest BCUT2D eigenvalue weighted by Gasteiger charge is -2.05. The zero-order valence-electron chi connectivity index (χ0n) is 14.5. The van der Waals surface area contributed by atoms with Crippen LogP contribution in [0.5, 0.6) is 0 Å². The minimum Gasteiger partial charge on any atom is -0.481 e. The van der Waals surface area contributed by atoms with Crippen molar-refractivity contribution in [2.45, 2.75) is 96.4 Å². The van der Waals surface area contributed by atoms with Gasteiger partial charge in [-0.3, -0.25) is 14.9 Å². The second-order valence-electron chi connectivity index (χ2n) is 6.18. The Labute approximate surface area is 140 Å². The standard InChI is InChI=1S/C18H33NO4/c1-2-3-4-8-11-14-17(19(22)23)15-12-9-6-5-7-10-13-16-18(20)21/h12,15,17H,2-11,13-14,16H2,1H3,(H,20,21)/b15-12+. The molecule has 23 heavy (non-hydrogen) atoms. The van der Waals surface area contributed by atoms with Gasteiger partial charge in [-0.05, 0) is 31.8 Å². The van der Waals surface area contributed by atoms with Crippen LogP contribution in [-0.2, 0) is 4.79 Å². The maximum atomic E-state index is 11.0. The summed E-state index contributed by atoms with van der Waals surface area (Å²) in [5.74, 6) is -0.728. The number of nitrogens with zero attached hydrogens (tertiary/aromatic N) is 1. The number of rotatable bonds is 16. The number of carboxylic acid groups (broad SMARTS) is 1. The largest absolute Gasteiger partial charge is 0.481 e. The average Bonchev–Trinajstić information content (AvgIpc) is 2.50. The van der Waals surface area contributed by atoms with E-state index in [4.69, 9.17) is 5.11 Å². The molecule has 0 aliphatic rings. The average molecular weight is 327 g/mol. The topological polar surface area (TPSA) is 80.4 Å². The molecule has 134 valence electrons. The van der Waals surface area contributed by atoms with Gasteiger partial charge in [-0.25, -0.2) is 0 Å². The third kappa shape index (κ3) is 15.3. The van der Waals surface area contributed by atoms with Gasteiger partial charge in [-0.2, -0.15) is 0 Å². The molecule has 0 aliphatic heterocycles. The van der Waals surface area contributed by atoms with Crippen molar-refractivity contribution < 1.29 is 14.8 Å². The number of hydrogen-bond acceptors (Lipinski definition) is 3. The van der Waals surface area contributed by atoms with E-state index in [1.54, 1.807) is 6.08 Å². The predicted molar refractivity (Wildman–Crippen MR) is 93.3 cm³/mol. The summed E-state index contributed by atoms with van der Waals surface area (Å²) in [6.07, 6.45) is 15.9. The molecule has 0 fully saturated rings. The van der Waals surface area contributed by atoms with Gasteiger partial charge in [0, 0.05) is 17.8 Å². The normalized spacial score (nSPS) is 12.6. The van der Waals surface area contributed by atoms with Gasteiger partial charge < -0.3 is 5.11 Å². The Kier molecular flexibility index (Phi) is 14.6. The maximum absolute atomic E-state index is 11.0. The number of nitro groups is 1. The lowest BCUT2D eigenvalue weighted by atomic mass is 10.1. The van der Waals surface area contributed by atoms with Crippen molar-refractivity contribution in [3.8, 4) is 0 Å². The molecular formula is C18H33NO4. The summed E-state index contributed by atoms with van der Waals surface area (Å²) in [7, 11) is 0. The van der Waals surface area contributed by atoms with Crippen LogP contribution < -0.4 is 0 Å². The van der Waals surface area contributed by atoms with E-state index < -0.39 is 12.0 Å². The number of allylic oxidation sites excluding steroid dienone is 1. The van der Waals surface area contributed by atoms with E-state index in [1.165, 1.54) is 19.3 Å². The minimum atomic E-state index is -0.728. The molecule has 1 unspecified atom stereocenters. The van der Waals surface area contributed by atoms with Crippen molar-refractivity contribution >= 4 is 5.97 Å². The number of unbranched alkanes of at least 4 members (excludes halogenated alkanes) is 9. The van der Waals surface area contributed by atoms with E-state index in [-0.39, 0.29) is 11.3 Å². The predicted octanol–water partition coefficient (Wildman–Crippen LogP) is 5.36. The van der Waals surface area contributed by atoms with Gasteiger partial charge in [0.1, 0.15) is 0 Å². The van der Waals surface area contributed by atoms with E-state index in [0.29, 0.717) is 6.42 Å². The summed E-state index contributed by atoms with van der Waals surface area (Å²) in [6, 6.07) is -0.535. The van der Waals surface area contributed by atoms with Crippen LogP contribution in [-0.4, -0.2) is 22.0 Å². The van der Waals surface area contributed by atoms with Crippen LogP contribution in [0, 0.1) is 10.1 Å². The minimum absolute atomic E-state index is 0.178. The Balaban J connectivity index is 3.65. The van der Waals surface area contributed by atoms with Gasteiger partial charge in [0.2, 0.25) is 6.04 Å². The van der Waals surface area contributed by atoms with Crippen molar-refractivity contribution in [3.05, 3.63) is 22.3 Å². The van der Waals surface area contributed by atoms with Crippen LogP contribution in [0.1, 0.15) is 90.4 Å². The fourth-order valence-corrected chi connectivity index (χ4v) is 2.55. The van der Waals surface area contributed by atoms with Crippen molar-refractivity contribution in [3.63, 3.8) is 0 Å². The number of carboxylic acids is 1. The number of aliphatic carboxylic acids is 1. The van der Waals surface area contributed by atoms with Crippen molar-refractivity contribution in [2.75, 3.05) is 0 Å². The zero-order valence-corrected chi connectivity index (χ0v) is 14.5. The summed E-state index contributed by atoms with van der Waals surface area (Å²) in [5.41, 5.74) is 0. The maximum Gasteiger partial charge on any atom is 0.303 e. The summed E-state index contributed by atoms with van der Waals surface area (Å²) in [4.78, 5) is 21.2. The van der Waals surface area contributed by atoms with Gasteiger partial charge in [0.25, 0.3) is 0 Å². The van der Waals surface area contributed by atoms with E-state index in [2.05, 4.69) is 6.92 Å². The number of carbonyl (C=O) groups is 1. The molecule has 0 aromatic heterocycles. The molecule has 0 saturated heterocycles. The lowest BCUT2D eigenvalue weighted by Crippen LogP contribution is -2.16. The van der Waals surface area contributed by atoms with Crippen LogP contribution in [0.4, 0.5) is 0 Å². The Morgan fingerprint density at radius 2 is 1.65 bits per heavy atom. The third-order valence-electron chi connectivity index (χ3n) is 3.99. The molecular weight excluding hydrogens is 294 g/mol. The van der Waals surface area contributed by atoms with Crippen LogP contribution in [0.15, 0.2) is 12.2 Å². The van der Waals surface area contributed by atoms with Crippen molar-refractivity contribution in [2.24, 2.45) is 0 Å². The van der Waals surface area contributed by atoms with Gasteiger partial charge in [-0.1, -0.05) is 57.9 Å². The summed E-state index contributed by atoms with van der Waals surface area (Å²) >= 11 is 0. The van der Waals surface area contributed by atoms with Gasteiger partial charge in [0.05, 0.1) is 0 Å². The quantitative estimate of drug-likeness (QED) is 0.179. The molecule has 0 saturated carbocycles. The molecule has 0 aliphatic carbocycles. The van der Waals surface area contributed by atoms with Crippen LogP contribution in [0.2, 0.25) is 0 Å². The highest BCUT2D eigenvalue weighted by Gasteiger charge is 2.14. The molecule has 5 nitrogen and oxygen atoms in total. The molecule has 0 spiro atoms. The Hall–Kier alpha value is -1.39. The Bertz CT molecular complexity index is 342. The number of hydrogen-bond donors (Lipinski definition) is 1. The van der Waals surface area contributed by atoms with Gasteiger partial charge in [0.15, 0.2) is 0 Å². The highest BCUT2D eigenvalue weighted by atomic mass is 16.6. The third-order valence-corrected chi connectivity index (χ3v) is 3.99. The van der Waals surface area contributed by atoms with E-state index in [9.17, 15) is 14.9 Å². The first kappa shape index (κ1) is 21.6. The first-order chi connectivity index (χ1) is 11.1. The second kappa shape index (κ2) is 15.5. The molecule has 0 amide bonds. The van der Waals surface area contributed by atoms with Crippen LogP contribution in [0.3, 0.4) is 0 Å². The molecule has 1 atom stereocenters. The monoisotopic (exact) mass is 327 g/mol. The van der Waals surface area contributed by atoms with Crippen molar-refractivity contribution in [1.29, 1.82) is 0 Å². The lowest BCUT2D eigenvalue weighted by molar-refractivity contribution is -0.510.